The number of rotatable bonds is 1. The van der Waals surface area contributed by atoms with Crippen LogP contribution in [0.15, 0.2) is 0 Å². The molecule has 1 atom stereocenters. The molecule has 0 aromatic carbocycles. The van der Waals surface area contributed by atoms with E-state index >= 15 is 0 Å². The second-order valence-corrected chi connectivity index (χ2v) is 2.19. The average Bonchev–Trinajstić information content (AvgIpc) is 2.14. The third kappa shape index (κ3) is 1.16. The molecule has 1 heteroatoms. The summed E-state index contributed by atoms with van der Waals surface area (Å²) in [5, 5.41) is 4.24. The molecular weight excluding hydrogens is 86.1 g/mol. The van der Waals surface area contributed by atoms with Crippen LogP contribution in [0.5, 0.6) is 0 Å². The third-order valence-electron chi connectivity index (χ3n) is 1.66. The van der Waals surface area contributed by atoms with Crippen LogP contribution in [-0.4, -0.2) is 13.1 Å². The Labute approximate surface area is 45.1 Å². The quantitative estimate of drug-likeness (QED) is 0.465. The van der Waals surface area contributed by atoms with Gasteiger partial charge in [0.25, 0.3) is 0 Å². The number of nitrogens with zero attached hydrogens (tertiary/aromatic N) is 1. The average molecular weight is 98.2 g/mol. The van der Waals surface area contributed by atoms with Crippen LogP contribution >= 0.6 is 0 Å². The van der Waals surface area contributed by atoms with E-state index in [4.69, 9.17) is 0 Å². The lowest BCUT2D eigenvalue weighted by molar-refractivity contribution is 0.562. The lowest BCUT2D eigenvalue weighted by Crippen LogP contribution is -2.00. The first kappa shape index (κ1) is 5.10. The molecule has 1 unspecified atom stereocenters. The summed E-state index contributed by atoms with van der Waals surface area (Å²) in [6.45, 7) is 4.50. The van der Waals surface area contributed by atoms with Gasteiger partial charge in [-0.1, -0.05) is 13.3 Å². The van der Waals surface area contributed by atoms with Crippen LogP contribution in [0.4, 0.5) is 0 Å². The Morgan fingerprint density at radius 3 is 2.86 bits per heavy atom. The molecule has 1 rings (SSSR count). The fourth-order valence-corrected chi connectivity index (χ4v) is 0.972. The Morgan fingerprint density at radius 1 is 1.71 bits per heavy atom. The summed E-state index contributed by atoms with van der Waals surface area (Å²) >= 11 is 0. The van der Waals surface area contributed by atoms with Gasteiger partial charge in [-0.05, 0) is 12.3 Å². The van der Waals surface area contributed by atoms with Gasteiger partial charge in [0, 0.05) is 13.1 Å². The topological polar surface area (TPSA) is 14.1 Å². The van der Waals surface area contributed by atoms with Crippen molar-refractivity contribution in [3.63, 3.8) is 0 Å². The van der Waals surface area contributed by atoms with E-state index in [0.29, 0.717) is 0 Å². The maximum absolute atomic E-state index is 4.24. The van der Waals surface area contributed by atoms with E-state index in [1.165, 1.54) is 12.8 Å². The maximum atomic E-state index is 4.24. The molecule has 1 aliphatic heterocycles. The molecular formula is C6H12N. The van der Waals surface area contributed by atoms with Gasteiger partial charge in [0.05, 0.1) is 0 Å². The van der Waals surface area contributed by atoms with Gasteiger partial charge < -0.3 is 0 Å². The van der Waals surface area contributed by atoms with Crippen molar-refractivity contribution in [3.05, 3.63) is 0 Å². The van der Waals surface area contributed by atoms with Crippen molar-refractivity contribution in [2.75, 3.05) is 13.1 Å². The molecule has 7 heavy (non-hydrogen) atoms. The molecule has 0 aromatic heterocycles. The lowest BCUT2D eigenvalue weighted by Gasteiger charge is -1.98. The highest BCUT2D eigenvalue weighted by molar-refractivity contribution is 4.68. The zero-order valence-corrected chi connectivity index (χ0v) is 4.85. The Bertz CT molecular complexity index is 46.1. The zero-order chi connectivity index (χ0) is 5.11. The SMILES string of the molecule is CCC1CC[N]C1. The van der Waals surface area contributed by atoms with Gasteiger partial charge in [-0.15, -0.1) is 0 Å². The maximum Gasteiger partial charge on any atom is 0.0162 e. The van der Waals surface area contributed by atoms with E-state index in [0.717, 1.165) is 19.0 Å². The van der Waals surface area contributed by atoms with Crippen LogP contribution in [-0.2, 0) is 0 Å². The van der Waals surface area contributed by atoms with Crippen LogP contribution in [0.25, 0.3) is 0 Å². The second kappa shape index (κ2) is 2.31. The Hall–Kier alpha value is -0.0400. The molecule has 0 aliphatic carbocycles. The summed E-state index contributed by atoms with van der Waals surface area (Å²) in [6, 6.07) is 0. The summed E-state index contributed by atoms with van der Waals surface area (Å²) in [6.07, 6.45) is 2.67. The van der Waals surface area contributed by atoms with E-state index in [1.54, 1.807) is 0 Å². The first-order chi connectivity index (χ1) is 3.43. The molecule has 1 aliphatic rings. The molecule has 0 bridgehead atoms. The van der Waals surface area contributed by atoms with E-state index in [2.05, 4.69) is 12.2 Å². The van der Waals surface area contributed by atoms with E-state index in [9.17, 15) is 0 Å². The zero-order valence-electron chi connectivity index (χ0n) is 4.85. The van der Waals surface area contributed by atoms with Gasteiger partial charge >= 0.3 is 0 Å². The minimum absolute atomic E-state index is 0.931. The van der Waals surface area contributed by atoms with Crippen LogP contribution in [0.1, 0.15) is 19.8 Å². The highest BCUT2D eigenvalue weighted by Gasteiger charge is 2.11. The van der Waals surface area contributed by atoms with E-state index in [1.807, 2.05) is 0 Å². The Morgan fingerprint density at radius 2 is 2.57 bits per heavy atom. The summed E-state index contributed by atoms with van der Waals surface area (Å²) in [5.41, 5.74) is 0. The molecule has 1 fully saturated rings. The first-order valence-corrected chi connectivity index (χ1v) is 3.06. The standard InChI is InChI=1S/C6H12N/c1-2-6-3-4-7-5-6/h6H,2-5H2,1H3. The van der Waals surface area contributed by atoms with Crippen molar-refractivity contribution in [1.82, 2.24) is 5.32 Å². The highest BCUT2D eigenvalue weighted by Crippen LogP contribution is 2.11. The van der Waals surface area contributed by atoms with Crippen molar-refractivity contribution in [3.8, 4) is 0 Å². The van der Waals surface area contributed by atoms with Gasteiger partial charge in [0.15, 0.2) is 0 Å². The van der Waals surface area contributed by atoms with E-state index in [-0.39, 0.29) is 0 Å². The molecule has 1 heterocycles. The summed E-state index contributed by atoms with van der Waals surface area (Å²) in [4.78, 5) is 0. The molecule has 1 nitrogen and oxygen atoms in total. The minimum atomic E-state index is 0.931. The van der Waals surface area contributed by atoms with Crippen LogP contribution in [0.3, 0.4) is 0 Å². The van der Waals surface area contributed by atoms with Gasteiger partial charge in [0.1, 0.15) is 0 Å². The second-order valence-electron chi connectivity index (χ2n) is 2.19. The van der Waals surface area contributed by atoms with Gasteiger partial charge in [0.2, 0.25) is 0 Å². The van der Waals surface area contributed by atoms with Crippen molar-refractivity contribution < 1.29 is 0 Å². The lowest BCUT2D eigenvalue weighted by atomic mass is 10.1. The smallest absolute Gasteiger partial charge is 0.0162 e. The van der Waals surface area contributed by atoms with Crippen molar-refractivity contribution in [2.24, 2.45) is 5.92 Å². The number of hydrogen-bond donors (Lipinski definition) is 0. The molecule has 41 valence electrons. The summed E-state index contributed by atoms with van der Waals surface area (Å²) < 4.78 is 0. The molecule has 0 spiro atoms. The van der Waals surface area contributed by atoms with Gasteiger partial charge in [-0.25, -0.2) is 5.32 Å². The third-order valence-corrected chi connectivity index (χ3v) is 1.66. The molecule has 1 radical (unpaired) electrons. The molecule has 0 N–H and O–H groups in total. The van der Waals surface area contributed by atoms with E-state index < -0.39 is 0 Å². The fraction of sp³-hybridized carbons (Fsp3) is 1.00. The normalized spacial score (nSPS) is 31.3. The van der Waals surface area contributed by atoms with Crippen molar-refractivity contribution in [1.29, 1.82) is 0 Å². The monoisotopic (exact) mass is 98.1 g/mol. The molecule has 0 amide bonds. The van der Waals surface area contributed by atoms with Crippen LogP contribution in [0.2, 0.25) is 0 Å². The number of hydrogen-bond acceptors (Lipinski definition) is 0. The predicted molar refractivity (Wildman–Crippen MR) is 30.3 cm³/mol. The first-order valence-electron chi connectivity index (χ1n) is 3.06. The van der Waals surface area contributed by atoms with Crippen molar-refractivity contribution in [2.45, 2.75) is 19.8 Å². The summed E-state index contributed by atoms with van der Waals surface area (Å²) in [7, 11) is 0. The fourth-order valence-electron chi connectivity index (χ4n) is 0.972. The van der Waals surface area contributed by atoms with Gasteiger partial charge in [-0.2, -0.15) is 0 Å². The predicted octanol–water partition coefficient (Wildman–Crippen LogP) is 1.02. The van der Waals surface area contributed by atoms with Crippen LogP contribution in [0, 0.1) is 5.92 Å². The minimum Gasteiger partial charge on any atom is -0.241 e. The van der Waals surface area contributed by atoms with Gasteiger partial charge in [-0.3, -0.25) is 0 Å². The van der Waals surface area contributed by atoms with Crippen LogP contribution < -0.4 is 5.32 Å². The summed E-state index contributed by atoms with van der Waals surface area (Å²) in [5.74, 6) is 0.931. The highest BCUT2D eigenvalue weighted by atomic mass is 14.9. The Kier molecular flexibility index (Phi) is 1.69. The molecule has 0 saturated carbocycles. The molecule has 1 saturated heterocycles. The van der Waals surface area contributed by atoms with Crippen molar-refractivity contribution >= 4 is 0 Å². The largest absolute Gasteiger partial charge is 0.241 e. The Balaban J connectivity index is 2.14. The molecule has 0 aromatic rings.